The maximum atomic E-state index is 11.8. The number of rotatable bonds is 6. The first-order valence-electron chi connectivity index (χ1n) is 9.28. The topological polar surface area (TPSA) is 77.7 Å². The monoisotopic (exact) mass is 391 g/mol. The SMILES string of the molecule is Cc1ccc(Oc2cc(C)cc3cccn23)c(OCCn2ccc(=O)[nH]c2=O)c1. The third-order valence-electron chi connectivity index (χ3n) is 4.54. The van der Waals surface area contributed by atoms with Crippen LogP contribution in [-0.2, 0) is 6.54 Å². The van der Waals surface area contributed by atoms with Crippen LogP contribution >= 0.6 is 0 Å². The van der Waals surface area contributed by atoms with E-state index in [1.54, 1.807) is 0 Å². The van der Waals surface area contributed by atoms with Gasteiger partial charge < -0.3 is 9.47 Å². The van der Waals surface area contributed by atoms with Crippen LogP contribution in [0.25, 0.3) is 5.52 Å². The molecule has 7 nitrogen and oxygen atoms in total. The molecule has 4 aromatic rings. The molecule has 3 heterocycles. The Morgan fingerprint density at radius 1 is 0.931 bits per heavy atom. The fraction of sp³-hybridized carbons (Fsp3) is 0.182. The number of H-pyrrole nitrogens is 1. The second kappa shape index (κ2) is 7.71. The number of nitrogens with one attached hydrogen (secondary N) is 1. The number of fused-ring (bicyclic) bond motifs is 1. The van der Waals surface area contributed by atoms with Gasteiger partial charge in [0, 0.05) is 30.0 Å². The molecule has 0 unspecified atom stereocenters. The Morgan fingerprint density at radius 3 is 2.62 bits per heavy atom. The zero-order valence-corrected chi connectivity index (χ0v) is 16.2. The van der Waals surface area contributed by atoms with Gasteiger partial charge in [-0.25, -0.2) is 4.79 Å². The molecular weight excluding hydrogens is 370 g/mol. The lowest BCUT2D eigenvalue weighted by molar-refractivity contribution is 0.281. The van der Waals surface area contributed by atoms with Crippen molar-refractivity contribution in [3.63, 3.8) is 0 Å². The summed E-state index contributed by atoms with van der Waals surface area (Å²) in [4.78, 5) is 25.2. The summed E-state index contributed by atoms with van der Waals surface area (Å²) in [5.41, 5.74) is 2.29. The van der Waals surface area contributed by atoms with Gasteiger partial charge in [0.1, 0.15) is 6.61 Å². The molecule has 0 spiro atoms. The fourth-order valence-electron chi connectivity index (χ4n) is 3.13. The molecule has 7 heteroatoms. The number of nitrogens with zero attached hydrogens (tertiary/aromatic N) is 2. The Bertz CT molecular complexity index is 1280. The summed E-state index contributed by atoms with van der Waals surface area (Å²) in [7, 11) is 0. The first kappa shape index (κ1) is 18.6. The van der Waals surface area contributed by atoms with Crippen molar-refractivity contribution < 1.29 is 9.47 Å². The van der Waals surface area contributed by atoms with Gasteiger partial charge in [-0.05, 0) is 55.3 Å². The van der Waals surface area contributed by atoms with Crippen LogP contribution < -0.4 is 20.7 Å². The van der Waals surface area contributed by atoms with Crippen molar-refractivity contribution in [1.29, 1.82) is 0 Å². The molecule has 148 valence electrons. The summed E-state index contributed by atoms with van der Waals surface area (Å²) in [5.74, 6) is 1.87. The molecule has 0 aliphatic heterocycles. The van der Waals surface area contributed by atoms with Gasteiger partial charge in [0.25, 0.3) is 5.56 Å². The Labute approximate surface area is 166 Å². The summed E-state index contributed by atoms with van der Waals surface area (Å²) in [6.07, 6.45) is 3.40. The van der Waals surface area contributed by atoms with Crippen molar-refractivity contribution in [3.05, 3.63) is 92.9 Å². The van der Waals surface area contributed by atoms with E-state index in [0.717, 1.165) is 16.6 Å². The third-order valence-corrected chi connectivity index (χ3v) is 4.54. The zero-order chi connectivity index (χ0) is 20.4. The van der Waals surface area contributed by atoms with Gasteiger partial charge in [-0.1, -0.05) is 6.07 Å². The second-order valence-electron chi connectivity index (χ2n) is 6.88. The molecule has 29 heavy (non-hydrogen) atoms. The number of benzene rings is 1. The largest absolute Gasteiger partial charge is 0.488 e. The van der Waals surface area contributed by atoms with E-state index in [1.807, 2.05) is 60.8 Å². The van der Waals surface area contributed by atoms with E-state index in [2.05, 4.69) is 11.1 Å². The van der Waals surface area contributed by atoms with Gasteiger partial charge in [0.2, 0.25) is 5.88 Å². The highest BCUT2D eigenvalue weighted by atomic mass is 16.5. The molecule has 1 aromatic carbocycles. The van der Waals surface area contributed by atoms with Crippen LogP contribution in [0.1, 0.15) is 11.1 Å². The van der Waals surface area contributed by atoms with Crippen LogP contribution in [-0.4, -0.2) is 20.6 Å². The molecule has 0 aliphatic carbocycles. The van der Waals surface area contributed by atoms with E-state index in [0.29, 0.717) is 23.9 Å². The molecular formula is C22H21N3O4. The lowest BCUT2D eigenvalue weighted by atomic mass is 10.2. The molecule has 3 aromatic heterocycles. The fourth-order valence-corrected chi connectivity index (χ4v) is 3.13. The van der Waals surface area contributed by atoms with Gasteiger partial charge in [0.05, 0.1) is 6.54 Å². The molecule has 0 aliphatic rings. The normalized spacial score (nSPS) is 11.0. The summed E-state index contributed by atoms with van der Waals surface area (Å²) < 4.78 is 15.5. The number of aryl methyl sites for hydroxylation is 2. The summed E-state index contributed by atoms with van der Waals surface area (Å²) in [6.45, 7) is 4.54. The number of aromatic amines is 1. The van der Waals surface area contributed by atoms with Gasteiger partial charge in [0.15, 0.2) is 11.5 Å². The summed E-state index contributed by atoms with van der Waals surface area (Å²) in [6, 6.07) is 15.1. The number of hydrogen-bond donors (Lipinski definition) is 1. The average molecular weight is 391 g/mol. The highest BCUT2D eigenvalue weighted by Crippen LogP contribution is 2.33. The Morgan fingerprint density at radius 2 is 1.79 bits per heavy atom. The molecule has 0 amide bonds. The molecule has 0 fully saturated rings. The minimum absolute atomic E-state index is 0.249. The van der Waals surface area contributed by atoms with E-state index in [1.165, 1.54) is 16.8 Å². The predicted octanol–water partition coefficient (Wildman–Crippen LogP) is 3.28. The van der Waals surface area contributed by atoms with Gasteiger partial charge >= 0.3 is 5.69 Å². The van der Waals surface area contributed by atoms with Gasteiger partial charge in [-0.2, -0.15) is 0 Å². The predicted molar refractivity (Wildman–Crippen MR) is 110 cm³/mol. The van der Waals surface area contributed by atoms with Crippen LogP contribution in [0.15, 0.2) is 70.5 Å². The van der Waals surface area contributed by atoms with E-state index < -0.39 is 11.2 Å². The van der Waals surface area contributed by atoms with Crippen molar-refractivity contribution in [2.45, 2.75) is 20.4 Å². The highest BCUT2D eigenvalue weighted by Gasteiger charge is 2.10. The van der Waals surface area contributed by atoms with Crippen molar-refractivity contribution in [3.8, 4) is 17.4 Å². The van der Waals surface area contributed by atoms with Crippen LogP contribution in [0.4, 0.5) is 0 Å². The number of hydrogen-bond acceptors (Lipinski definition) is 4. The number of aromatic nitrogens is 3. The molecule has 1 N–H and O–H groups in total. The van der Waals surface area contributed by atoms with Crippen LogP contribution in [0.2, 0.25) is 0 Å². The Hall–Kier alpha value is -3.74. The molecule has 0 saturated heterocycles. The third kappa shape index (κ3) is 4.08. The molecule has 0 saturated carbocycles. The Kier molecular flexibility index (Phi) is 4.95. The molecule has 0 radical (unpaired) electrons. The maximum absolute atomic E-state index is 11.8. The van der Waals surface area contributed by atoms with Crippen LogP contribution in [0, 0.1) is 13.8 Å². The van der Waals surface area contributed by atoms with Crippen molar-refractivity contribution in [2.24, 2.45) is 0 Å². The highest BCUT2D eigenvalue weighted by molar-refractivity contribution is 5.54. The first-order chi connectivity index (χ1) is 14.0. The smallest absolute Gasteiger partial charge is 0.328 e. The van der Waals surface area contributed by atoms with Gasteiger partial charge in [-0.3, -0.25) is 18.7 Å². The minimum atomic E-state index is -0.462. The van der Waals surface area contributed by atoms with E-state index >= 15 is 0 Å². The molecule has 0 bridgehead atoms. The van der Waals surface area contributed by atoms with Crippen LogP contribution in [0.3, 0.4) is 0 Å². The standard InChI is InChI=1S/C22H21N3O4/c1-15-5-6-18(29-21-14-16(2)12-17-4-3-8-25(17)21)19(13-15)28-11-10-24-9-7-20(26)23-22(24)27/h3-9,12-14H,10-11H2,1-2H3,(H,23,26,27). The quantitative estimate of drug-likeness (QED) is 0.547. The average Bonchev–Trinajstić information content (AvgIpc) is 3.14. The van der Waals surface area contributed by atoms with Crippen molar-refractivity contribution >= 4 is 5.52 Å². The maximum Gasteiger partial charge on any atom is 0.328 e. The number of pyridine rings is 1. The summed E-state index contributed by atoms with van der Waals surface area (Å²) >= 11 is 0. The number of ether oxygens (including phenoxy) is 2. The van der Waals surface area contributed by atoms with E-state index in [4.69, 9.17) is 9.47 Å². The zero-order valence-electron chi connectivity index (χ0n) is 16.2. The first-order valence-corrected chi connectivity index (χ1v) is 9.28. The minimum Gasteiger partial charge on any atom is -0.488 e. The second-order valence-corrected chi connectivity index (χ2v) is 6.88. The van der Waals surface area contributed by atoms with E-state index in [-0.39, 0.29) is 6.61 Å². The van der Waals surface area contributed by atoms with E-state index in [9.17, 15) is 9.59 Å². The van der Waals surface area contributed by atoms with Crippen molar-refractivity contribution in [2.75, 3.05) is 6.61 Å². The summed E-state index contributed by atoms with van der Waals surface area (Å²) in [5, 5.41) is 0. The lowest BCUT2D eigenvalue weighted by Crippen LogP contribution is -2.30. The molecule has 0 atom stereocenters. The molecule has 4 rings (SSSR count). The lowest BCUT2D eigenvalue weighted by Gasteiger charge is -2.15. The van der Waals surface area contributed by atoms with Gasteiger partial charge in [-0.15, -0.1) is 0 Å². The van der Waals surface area contributed by atoms with Crippen LogP contribution in [0.5, 0.6) is 17.4 Å². The van der Waals surface area contributed by atoms with Crippen molar-refractivity contribution in [1.82, 2.24) is 14.0 Å². The Balaban J connectivity index is 1.56.